The topological polar surface area (TPSA) is 33.1 Å². The molecule has 1 N–H and O–H groups in total. The van der Waals surface area contributed by atoms with E-state index in [9.17, 15) is 4.39 Å². The van der Waals surface area contributed by atoms with Crippen molar-refractivity contribution < 1.29 is 4.39 Å². The Labute approximate surface area is 132 Å². The third kappa shape index (κ3) is 3.11. The molecule has 3 rings (SSSR count). The second-order valence-electron chi connectivity index (χ2n) is 5.21. The van der Waals surface area contributed by atoms with Crippen LogP contribution in [0.5, 0.6) is 0 Å². The van der Waals surface area contributed by atoms with Gasteiger partial charge in [-0.1, -0.05) is 6.92 Å². The first-order valence-corrected chi connectivity index (χ1v) is 7.89. The zero-order valence-electron chi connectivity index (χ0n) is 11.8. The van der Waals surface area contributed by atoms with E-state index in [4.69, 9.17) is 0 Å². The number of rotatable bonds is 4. The molecule has 0 aliphatic carbocycles. The lowest BCUT2D eigenvalue weighted by molar-refractivity contribution is 0.303. The number of alkyl halides is 1. The Kier molecular flexibility index (Phi) is 4.26. The van der Waals surface area contributed by atoms with Crippen LogP contribution in [0.2, 0.25) is 0 Å². The van der Waals surface area contributed by atoms with Gasteiger partial charge >= 0.3 is 0 Å². The number of halogens is 2. The zero-order chi connectivity index (χ0) is 14.8. The van der Waals surface area contributed by atoms with E-state index in [2.05, 4.69) is 31.1 Å². The predicted octanol–water partition coefficient (Wildman–Crippen LogP) is 2.77. The Morgan fingerprint density at radius 3 is 2.62 bits per heavy atom. The Morgan fingerprint density at radius 2 is 2.00 bits per heavy atom. The molecule has 112 valence electrons. The van der Waals surface area contributed by atoms with Crippen LogP contribution in [-0.2, 0) is 0 Å². The smallest absolute Gasteiger partial charge is 0.134 e. The van der Waals surface area contributed by atoms with Gasteiger partial charge in [-0.3, -0.25) is 0 Å². The number of likely N-dealkylation sites (N-methyl/N-ethyl adjacent to an activating group) is 1. The SMILES string of the molecule is CCN[C@H]1CN(c2ccc(-n3cnc(Br)c3)cc2)C[C@H]1F. The van der Waals surface area contributed by atoms with Gasteiger partial charge in [-0.2, -0.15) is 0 Å². The number of imidazole rings is 1. The summed E-state index contributed by atoms with van der Waals surface area (Å²) in [5, 5.41) is 3.20. The standard InChI is InChI=1S/C15H18BrFN4/c1-2-18-14-8-20(7-13(14)17)11-3-5-12(6-4-11)21-9-15(16)19-10-21/h3-6,9-10,13-14,18H,2,7-8H2,1H3/t13-,14+/m1/s1. The van der Waals surface area contributed by atoms with Gasteiger partial charge in [0.25, 0.3) is 0 Å². The molecule has 2 aromatic rings. The second kappa shape index (κ2) is 6.15. The highest BCUT2D eigenvalue weighted by molar-refractivity contribution is 9.10. The largest absolute Gasteiger partial charge is 0.367 e. The molecular weight excluding hydrogens is 335 g/mol. The molecule has 0 saturated carbocycles. The highest BCUT2D eigenvalue weighted by Crippen LogP contribution is 2.24. The second-order valence-corrected chi connectivity index (χ2v) is 6.02. The highest BCUT2D eigenvalue weighted by atomic mass is 79.9. The summed E-state index contributed by atoms with van der Waals surface area (Å²) in [5.74, 6) is 0. The third-order valence-corrected chi connectivity index (χ3v) is 4.19. The van der Waals surface area contributed by atoms with Crippen molar-refractivity contribution in [3.63, 3.8) is 0 Å². The summed E-state index contributed by atoms with van der Waals surface area (Å²) in [4.78, 5) is 6.23. The lowest BCUT2D eigenvalue weighted by atomic mass is 10.2. The fraction of sp³-hybridized carbons (Fsp3) is 0.400. The number of hydrogen-bond donors (Lipinski definition) is 1. The quantitative estimate of drug-likeness (QED) is 0.918. The first kappa shape index (κ1) is 14.5. The highest BCUT2D eigenvalue weighted by Gasteiger charge is 2.32. The molecular formula is C15H18BrFN4. The van der Waals surface area contributed by atoms with Gasteiger partial charge in [0, 0.05) is 24.1 Å². The summed E-state index contributed by atoms with van der Waals surface area (Å²) < 4.78 is 16.7. The molecule has 1 aromatic carbocycles. The van der Waals surface area contributed by atoms with E-state index in [-0.39, 0.29) is 6.04 Å². The van der Waals surface area contributed by atoms with Crippen LogP contribution in [-0.4, -0.2) is 41.4 Å². The van der Waals surface area contributed by atoms with Gasteiger partial charge in [0.1, 0.15) is 17.1 Å². The average Bonchev–Trinajstić information content (AvgIpc) is 3.07. The minimum Gasteiger partial charge on any atom is -0.367 e. The van der Waals surface area contributed by atoms with E-state index >= 15 is 0 Å². The molecule has 21 heavy (non-hydrogen) atoms. The molecule has 1 aliphatic rings. The Hall–Kier alpha value is -1.40. The van der Waals surface area contributed by atoms with Crippen LogP contribution in [0.3, 0.4) is 0 Å². The van der Waals surface area contributed by atoms with Crippen LogP contribution in [0.4, 0.5) is 10.1 Å². The van der Waals surface area contributed by atoms with Gasteiger partial charge in [0.2, 0.25) is 0 Å². The summed E-state index contributed by atoms with van der Waals surface area (Å²) in [6.45, 7) is 3.97. The normalized spacial score (nSPS) is 22.0. The molecule has 0 spiro atoms. The molecule has 4 nitrogen and oxygen atoms in total. The molecule has 0 bridgehead atoms. The third-order valence-electron chi connectivity index (χ3n) is 3.78. The number of aromatic nitrogens is 2. The van der Waals surface area contributed by atoms with Crippen LogP contribution in [0.1, 0.15) is 6.92 Å². The maximum atomic E-state index is 13.9. The van der Waals surface area contributed by atoms with Gasteiger partial charge in [-0.05, 0) is 46.7 Å². The molecule has 2 heterocycles. The molecule has 1 aliphatic heterocycles. The molecule has 0 radical (unpaired) electrons. The average molecular weight is 353 g/mol. The van der Waals surface area contributed by atoms with E-state index in [0.29, 0.717) is 13.1 Å². The number of nitrogens with zero attached hydrogens (tertiary/aromatic N) is 3. The summed E-state index contributed by atoms with van der Waals surface area (Å²) >= 11 is 3.34. The van der Waals surface area contributed by atoms with Crippen molar-refractivity contribution in [2.75, 3.05) is 24.5 Å². The molecule has 6 heteroatoms. The van der Waals surface area contributed by atoms with Gasteiger partial charge in [0.15, 0.2) is 0 Å². The summed E-state index contributed by atoms with van der Waals surface area (Å²) in [6.07, 6.45) is 2.85. The van der Waals surface area contributed by atoms with Crippen molar-refractivity contribution in [3.05, 3.63) is 41.4 Å². The van der Waals surface area contributed by atoms with E-state index < -0.39 is 6.17 Å². The minimum atomic E-state index is -0.811. The van der Waals surface area contributed by atoms with E-state index in [1.807, 2.05) is 42.0 Å². The fourth-order valence-corrected chi connectivity index (χ4v) is 3.02. The number of benzene rings is 1. The van der Waals surface area contributed by atoms with E-state index in [0.717, 1.165) is 22.5 Å². The molecule has 1 fully saturated rings. The Morgan fingerprint density at radius 1 is 1.29 bits per heavy atom. The van der Waals surface area contributed by atoms with Crippen molar-refractivity contribution in [1.29, 1.82) is 0 Å². The van der Waals surface area contributed by atoms with Gasteiger partial charge in [0.05, 0.1) is 12.6 Å². The minimum absolute atomic E-state index is 0.0701. The predicted molar refractivity (Wildman–Crippen MR) is 85.8 cm³/mol. The van der Waals surface area contributed by atoms with Gasteiger partial charge in [-0.15, -0.1) is 0 Å². The molecule has 1 aromatic heterocycles. The Bertz CT molecular complexity index is 598. The monoisotopic (exact) mass is 352 g/mol. The lowest BCUT2D eigenvalue weighted by Crippen LogP contribution is -2.37. The van der Waals surface area contributed by atoms with E-state index in [1.54, 1.807) is 6.33 Å². The van der Waals surface area contributed by atoms with Crippen molar-refractivity contribution in [2.24, 2.45) is 0 Å². The number of nitrogens with one attached hydrogen (secondary N) is 1. The maximum Gasteiger partial charge on any atom is 0.134 e. The van der Waals surface area contributed by atoms with Crippen LogP contribution < -0.4 is 10.2 Å². The molecule has 1 saturated heterocycles. The zero-order valence-corrected chi connectivity index (χ0v) is 13.4. The summed E-state index contributed by atoms with van der Waals surface area (Å²) in [6, 6.07) is 8.04. The van der Waals surface area contributed by atoms with Crippen molar-refractivity contribution >= 4 is 21.6 Å². The summed E-state index contributed by atoms with van der Waals surface area (Å²) in [7, 11) is 0. The van der Waals surface area contributed by atoms with Crippen molar-refractivity contribution in [3.8, 4) is 5.69 Å². The molecule has 2 atom stereocenters. The first-order chi connectivity index (χ1) is 10.2. The van der Waals surface area contributed by atoms with Crippen LogP contribution in [0, 0.1) is 0 Å². The van der Waals surface area contributed by atoms with Gasteiger partial charge in [-0.25, -0.2) is 9.37 Å². The number of hydrogen-bond acceptors (Lipinski definition) is 3. The van der Waals surface area contributed by atoms with Crippen molar-refractivity contribution in [1.82, 2.24) is 14.9 Å². The maximum absolute atomic E-state index is 13.9. The molecule has 0 amide bonds. The lowest BCUT2D eigenvalue weighted by Gasteiger charge is -2.18. The first-order valence-electron chi connectivity index (χ1n) is 7.09. The Balaban J connectivity index is 1.73. The van der Waals surface area contributed by atoms with Crippen LogP contribution >= 0.6 is 15.9 Å². The number of anilines is 1. The summed E-state index contributed by atoms with van der Waals surface area (Å²) in [5.41, 5.74) is 2.09. The van der Waals surface area contributed by atoms with Crippen LogP contribution in [0.25, 0.3) is 5.69 Å². The van der Waals surface area contributed by atoms with Gasteiger partial charge < -0.3 is 14.8 Å². The van der Waals surface area contributed by atoms with E-state index in [1.165, 1.54) is 0 Å². The van der Waals surface area contributed by atoms with Crippen LogP contribution in [0.15, 0.2) is 41.4 Å². The fourth-order valence-electron chi connectivity index (χ4n) is 2.71. The molecule has 0 unspecified atom stereocenters. The van der Waals surface area contributed by atoms with Crippen molar-refractivity contribution in [2.45, 2.75) is 19.1 Å².